The fraction of sp³-hybridized carbons (Fsp3) is 0.214. The van der Waals surface area contributed by atoms with Crippen molar-refractivity contribution in [3.63, 3.8) is 0 Å². The molecular weight excluding hydrogens is 360 g/mol. The Balaban J connectivity index is 2.19. The first-order valence-electron chi connectivity index (χ1n) is 6.59. The van der Waals surface area contributed by atoms with E-state index in [0.29, 0.717) is 6.42 Å². The molecule has 0 aliphatic heterocycles. The van der Waals surface area contributed by atoms with Crippen LogP contribution in [0.25, 0.3) is 0 Å². The Morgan fingerprint density at radius 2 is 1.87 bits per heavy atom. The quantitative estimate of drug-likeness (QED) is 0.829. The molecule has 2 rings (SSSR count). The Morgan fingerprint density at radius 3 is 2.48 bits per heavy atom. The fourth-order valence-electron chi connectivity index (χ4n) is 1.86. The zero-order valence-corrected chi connectivity index (χ0v) is 14.6. The van der Waals surface area contributed by atoms with Crippen LogP contribution in [-0.2, 0) is 26.3 Å². The maximum atomic E-state index is 12.3. The summed E-state index contributed by atoms with van der Waals surface area (Å²) in [6.45, 7) is 0.124. The largest absolute Gasteiger partial charge is 0.261 e. The Labute approximate surface area is 140 Å². The number of pyridine rings is 1. The lowest BCUT2D eigenvalue weighted by atomic mass is 10.3. The average Bonchev–Trinajstić information content (AvgIpc) is 2.47. The van der Waals surface area contributed by atoms with Gasteiger partial charge in [-0.25, -0.2) is 21.6 Å². The Kier molecular flexibility index (Phi) is 5.41. The van der Waals surface area contributed by atoms with Crippen LogP contribution in [0.1, 0.15) is 5.69 Å². The highest BCUT2D eigenvalue weighted by atomic mass is 35.5. The van der Waals surface area contributed by atoms with E-state index < -0.39 is 19.9 Å². The van der Waals surface area contributed by atoms with Crippen molar-refractivity contribution < 1.29 is 16.8 Å². The van der Waals surface area contributed by atoms with Gasteiger partial charge in [-0.2, -0.15) is 0 Å². The minimum atomic E-state index is -3.92. The number of benzene rings is 1. The molecule has 0 saturated heterocycles. The maximum absolute atomic E-state index is 12.3. The van der Waals surface area contributed by atoms with Crippen molar-refractivity contribution in [1.29, 1.82) is 0 Å². The van der Waals surface area contributed by atoms with Gasteiger partial charge in [0.2, 0.25) is 10.0 Å². The summed E-state index contributed by atoms with van der Waals surface area (Å²) in [4.78, 5) is 3.73. The van der Waals surface area contributed by atoms with Crippen LogP contribution in [0, 0.1) is 0 Å². The molecule has 1 heterocycles. The third-order valence-electron chi connectivity index (χ3n) is 3.02. The Hall–Kier alpha value is -1.48. The van der Waals surface area contributed by atoms with Gasteiger partial charge >= 0.3 is 0 Å². The van der Waals surface area contributed by atoms with E-state index in [0.717, 1.165) is 18.0 Å². The number of aromatic nitrogens is 1. The molecule has 0 unspecified atom stereocenters. The summed E-state index contributed by atoms with van der Waals surface area (Å²) in [6, 6.07) is 8.94. The standard InChI is InChI=1S/C14H15ClN2O4S2/c1-22(18,19)12-5-6-13(15)14(10-12)23(20,21)17-9-7-11-4-2-3-8-16-11/h2-6,8,10,17H,7,9H2,1H3. The number of sulfonamides is 1. The van der Waals surface area contributed by atoms with Crippen LogP contribution in [-0.4, -0.2) is 34.6 Å². The number of sulfone groups is 1. The molecule has 23 heavy (non-hydrogen) atoms. The highest BCUT2D eigenvalue weighted by molar-refractivity contribution is 7.91. The molecule has 1 aromatic carbocycles. The average molecular weight is 375 g/mol. The summed E-state index contributed by atoms with van der Waals surface area (Å²) in [5.74, 6) is 0. The van der Waals surface area contributed by atoms with Crippen LogP contribution in [0.2, 0.25) is 5.02 Å². The lowest BCUT2D eigenvalue weighted by Gasteiger charge is -2.09. The van der Waals surface area contributed by atoms with E-state index in [4.69, 9.17) is 11.6 Å². The van der Waals surface area contributed by atoms with Crippen LogP contribution in [0.5, 0.6) is 0 Å². The molecule has 0 fully saturated rings. The van der Waals surface area contributed by atoms with Gasteiger partial charge in [-0.1, -0.05) is 17.7 Å². The van der Waals surface area contributed by atoms with Gasteiger partial charge < -0.3 is 0 Å². The number of nitrogens with zero attached hydrogens (tertiary/aromatic N) is 1. The van der Waals surface area contributed by atoms with E-state index in [-0.39, 0.29) is 21.4 Å². The minimum Gasteiger partial charge on any atom is -0.261 e. The predicted molar refractivity (Wildman–Crippen MR) is 87.7 cm³/mol. The number of halogens is 1. The molecule has 0 aliphatic carbocycles. The molecule has 124 valence electrons. The summed E-state index contributed by atoms with van der Waals surface area (Å²) in [5, 5.41) is -0.0391. The van der Waals surface area contributed by atoms with Gasteiger partial charge in [-0.05, 0) is 30.3 Å². The van der Waals surface area contributed by atoms with Gasteiger partial charge in [-0.15, -0.1) is 0 Å². The highest BCUT2D eigenvalue weighted by Crippen LogP contribution is 2.24. The van der Waals surface area contributed by atoms with Crippen molar-refractivity contribution in [1.82, 2.24) is 9.71 Å². The van der Waals surface area contributed by atoms with Crippen molar-refractivity contribution in [2.45, 2.75) is 16.2 Å². The minimum absolute atomic E-state index is 0.0391. The predicted octanol–water partition coefficient (Wildman–Crippen LogP) is 1.66. The van der Waals surface area contributed by atoms with Crippen molar-refractivity contribution in [2.75, 3.05) is 12.8 Å². The molecule has 0 saturated carbocycles. The van der Waals surface area contributed by atoms with Crippen LogP contribution in [0.15, 0.2) is 52.4 Å². The van der Waals surface area contributed by atoms with E-state index in [1.807, 2.05) is 6.07 Å². The molecule has 0 atom stereocenters. The first-order chi connectivity index (χ1) is 10.7. The van der Waals surface area contributed by atoms with Crippen LogP contribution in [0.3, 0.4) is 0 Å². The Morgan fingerprint density at radius 1 is 1.13 bits per heavy atom. The fourth-order valence-corrected chi connectivity index (χ4v) is 4.13. The molecule has 0 aliphatic rings. The van der Waals surface area contributed by atoms with Crippen molar-refractivity contribution in [3.05, 3.63) is 53.3 Å². The first-order valence-corrected chi connectivity index (χ1v) is 10.3. The summed E-state index contributed by atoms with van der Waals surface area (Å²) in [6.07, 6.45) is 3.03. The van der Waals surface area contributed by atoms with Crippen molar-refractivity contribution in [3.8, 4) is 0 Å². The topological polar surface area (TPSA) is 93.2 Å². The zero-order chi connectivity index (χ0) is 17.1. The number of nitrogens with one attached hydrogen (secondary N) is 1. The van der Waals surface area contributed by atoms with E-state index >= 15 is 0 Å². The summed E-state index contributed by atoms with van der Waals surface area (Å²) < 4.78 is 50.1. The van der Waals surface area contributed by atoms with E-state index in [9.17, 15) is 16.8 Å². The summed E-state index contributed by atoms with van der Waals surface area (Å²) in [5.41, 5.74) is 0.742. The van der Waals surface area contributed by atoms with Gasteiger partial charge in [-0.3, -0.25) is 4.98 Å². The molecule has 0 amide bonds. The lowest BCUT2D eigenvalue weighted by molar-refractivity contribution is 0.581. The van der Waals surface area contributed by atoms with Gasteiger partial charge in [0.05, 0.1) is 9.92 Å². The van der Waals surface area contributed by atoms with Crippen LogP contribution >= 0.6 is 11.6 Å². The molecule has 2 aromatic rings. The Bertz CT molecular complexity index is 898. The van der Waals surface area contributed by atoms with E-state index in [1.54, 1.807) is 18.3 Å². The summed E-state index contributed by atoms with van der Waals surface area (Å²) in [7, 11) is -7.44. The number of hydrogen-bond acceptors (Lipinski definition) is 5. The van der Waals surface area contributed by atoms with E-state index in [1.165, 1.54) is 12.1 Å². The molecule has 6 nitrogen and oxygen atoms in total. The molecule has 9 heteroatoms. The highest BCUT2D eigenvalue weighted by Gasteiger charge is 2.20. The monoisotopic (exact) mass is 374 g/mol. The van der Waals surface area contributed by atoms with E-state index in [2.05, 4.69) is 9.71 Å². The zero-order valence-electron chi connectivity index (χ0n) is 12.2. The summed E-state index contributed by atoms with van der Waals surface area (Å²) >= 11 is 5.90. The second-order valence-corrected chi connectivity index (χ2v) is 8.99. The number of rotatable bonds is 6. The third-order valence-corrected chi connectivity index (χ3v) is 6.07. The van der Waals surface area contributed by atoms with Gasteiger partial charge in [0, 0.05) is 31.1 Å². The smallest absolute Gasteiger partial charge is 0.242 e. The van der Waals surface area contributed by atoms with Crippen molar-refractivity contribution in [2.24, 2.45) is 0 Å². The third kappa shape index (κ3) is 4.74. The normalized spacial score (nSPS) is 12.3. The molecule has 0 bridgehead atoms. The molecule has 0 radical (unpaired) electrons. The molecule has 0 spiro atoms. The molecular formula is C14H15ClN2O4S2. The SMILES string of the molecule is CS(=O)(=O)c1ccc(Cl)c(S(=O)(=O)NCCc2ccccn2)c1. The second-order valence-electron chi connectivity index (χ2n) is 4.83. The first kappa shape index (κ1) is 17.9. The maximum Gasteiger partial charge on any atom is 0.242 e. The van der Waals surface area contributed by atoms with Gasteiger partial charge in [0.1, 0.15) is 4.90 Å². The van der Waals surface area contributed by atoms with Gasteiger partial charge in [0.15, 0.2) is 9.84 Å². The lowest BCUT2D eigenvalue weighted by Crippen LogP contribution is -2.26. The second kappa shape index (κ2) is 6.96. The van der Waals surface area contributed by atoms with Crippen LogP contribution in [0.4, 0.5) is 0 Å². The van der Waals surface area contributed by atoms with Gasteiger partial charge in [0.25, 0.3) is 0 Å². The van der Waals surface area contributed by atoms with Crippen LogP contribution < -0.4 is 4.72 Å². The number of hydrogen-bond donors (Lipinski definition) is 1. The van der Waals surface area contributed by atoms with Crippen molar-refractivity contribution >= 4 is 31.5 Å². The molecule has 1 aromatic heterocycles. The molecule has 1 N–H and O–H groups in total.